The van der Waals surface area contributed by atoms with Gasteiger partial charge in [0.05, 0.1) is 11.9 Å². The largest absolute Gasteiger partial charge is 0.452 e. The number of halogens is 2. The second-order valence-electron chi connectivity index (χ2n) is 6.69. The summed E-state index contributed by atoms with van der Waals surface area (Å²) in [6.07, 6.45) is 4.29. The van der Waals surface area contributed by atoms with E-state index in [1.165, 1.54) is 77.8 Å². The number of pyridine rings is 2. The monoisotopic (exact) mass is 434 g/mol. The van der Waals surface area contributed by atoms with E-state index in [9.17, 15) is 18.4 Å². The van der Waals surface area contributed by atoms with Crippen molar-refractivity contribution in [2.75, 3.05) is 11.1 Å². The molecule has 0 atom stereocenters. The first-order valence-electron chi connectivity index (χ1n) is 9.38. The second-order valence-corrected chi connectivity index (χ2v) is 6.69. The molecule has 0 radical (unpaired) electrons. The van der Waals surface area contributed by atoms with Crippen LogP contribution in [-0.4, -0.2) is 15.5 Å². The maximum absolute atomic E-state index is 14.5. The fourth-order valence-corrected chi connectivity index (χ4v) is 2.94. The number of hydrogen-bond acceptors (Lipinski definition) is 5. The Hall–Kier alpha value is -4.53. The van der Waals surface area contributed by atoms with Crippen molar-refractivity contribution in [3.63, 3.8) is 0 Å². The van der Waals surface area contributed by atoms with E-state index < -0.39 is 23.1 Å². The number of carbonyl (C=O) groups excluding carboxylic acids is 1. The first-order chi connectivity index (χ1) is 15.4. The highest BCUT2D eigenvalue weighted by Gasteiger charge is 2.15. The molecule has 0 aliphatic heterocycles. The van der Waals surface area contributed by atoms with Crippen molar-refractivity contribution in [3.05, 3.63) is 107 Å². The van der Waals surface area contributed by atoms with Crippen molar-refractivity contribution in [1.82, 2.24) is 9.55 Å². The molecule has 0 saturated carbocycles. The summed E-state index contributed by atoms with van der Waals surface area (Å²) in [6, 6.07) is 13.4. The molecule has 0 aliphatic carbocycles. The highest BCUT2D eigenvalue weighted by Crippen LogP contribution is 2.29. The number of carbonyl (C=O) groups is 1. The molecule has 2 aromatic heterocycles. The molecule has 4 rings (SSSR count). The van der Waals surface area contributed by atoms with E-state index in [1.807, 2.05) is 0 Å². The zero-order chi connectivity index (χ0) is 22.7. The third kappa shape index (κ3) is 4.31. The maximum Gasteiger partial charge on any atom is 0.267 e. The first kappa shape index (κ1) is 20.7. The quantitative estimate of drug-likeness (QED) is 0.492. The lowest BCUT2D eigenvalue weighted by Gasteiger charge is -2.11. The van der Waals surface area contributed by atoms with Crippen molar-refractivity contribution >= 4 is 17.3 Å². The fourth-order valence-electron chi connectivity index (χ4n) is 2.94. The minimum Gasteiger partial charge on any atom is -0.452 e. The van der Waals surface area contributed by atoms with Crippen LogP contribution in [-0.2, 0) is 0 Å². The molecule has 0 bridgehead atoms. The summed E-state index contributed by atoms with van der Waals surface area (Å²) in [5.74, 6) is -1.77. The summed E-state index contributed by atoms with van der Waals surface area (Å²) >= 11 is 0. The van der Waals surface area contributed by atoms with Crippen molar-refractivity contribution in [2.45, 2.75) is 0 Å². The topological polar surface area (TPSA) is 99.2 Å². The first-order valence-corrected chi connectivity index (χ1v) is 9.38. The van der Waals surface area contributed by atoms with Gasteiger partial charge >= 0.3 is 0 Å². The average Bonchev–Trinajstić information content (AvgIpc) is 2.78. The molecule has 4 aromatic rings. The number of hydrogen-bond donors (Lipinski definition) is 2. The zero-order valence-corrected chi connectivity index (χ0v) is 16.5. The Kier molecular flexibility index (Phi) is 5.63. The van der Waals surface area contributed by atoms with Crippen LogP contribution < -0.4 is 21.3 Å². The van der Waals surface area contributed by atoms with Crippen LogP contribution in [0.4, 0.5) is 20.2 Å². The number of benzene rings is 2. The Morgan fingerprint density at radius 1 is 1.03 bits per heavy atom. The smallest absolute Gasteiger partial charge is 0.267 e. The Morgan fingerprint density at radius 2 is 1.81 bits per heavy atom. The van der Waals surface area contributed by atoms with Gasteiger partial charge in [0, 0.05) is 35.9 Å². The van der Waals surface area contributed by atoms with Crippen LogP contribution in [0.5, 0.6) is 11.5 Å². The number of nitrogens with one attached hydrogen (secondary N) is 1. The van der Waals surface area contributed by atoms with Crippen LogP contribution in [0.2, 0.25) is 0 Å². The van der Waals surface area contributed by atoms with Gasteiger partial charge in [-0.25, -0.2) is 8.78 Å². The summed E-state index contributed by atoms with van der Waals surface area (Å²) in [4.78, 5) is 29.2. The van der Waals surface area contributed by atoms with Crippen molar-refractivity contribution in [1.29, 1.82) is 0 Å². The maximum atomic E-state index is 14.5. The molecule has 32 heavy (non-hydrogen) atoms. The van der Waals surface area contributed by atoms with E-state index in [4.69, 9.17) is 10.5 Å². The molecule has 9 heteroatoms. The van der Waals surface area contributed by atoms with Gasteiger partial charge in [-0.05, 0) is 48.5 Å². The molecule has 0 spiro atoms. The summed E-state index contributed by atoms with van der Waals surface area (Å²) < 4.78 is 34.3. The third-order valence-corrected chi connectivity index (χ3v) is 4.52. The van der Waals surface area contributed by atoms with Crippen LogP contribution in [0.25, 0.3) is 5.69 Å². The van der Waals surface area contributed by atoms with E-state index >= 15 is 0 Å². The van der Waals surface area contributed by atoms with Crippen LogP contribution in [0.15, 0.2) is 84.0 Å². The second kappa shape index (κ2) is 8.68. The molecular weight excluding hydrogens is 418 g/mol. The fraction of sp³-hybridized carbons (Fsp3) is 0. The predicted octanol–water partition coefficient (Wildman–Crippen LogP) is 4.14. The standard InChI is InChI=1S/C23H16F2N4O3/c24-14-3-6-16(7-4-14)29-11-1-2-17(23(29)31)22(30)28-15-5-8-20(18(25)12-15)32-21-9-10-27-13-19(21)26/h1-13H,26H2,(H,28,30). The van der Waals surface area contributed by atoms with Gasteiger partial charge in [-0.3, -0.25) is 19.1 Å². The molecule has 0 saturated heterocycles. The normalized spacial score (nSPS) is 10.6. The van der Waals surface area contributed by atoms with Gasteiger partial charge in [-0.2, -0.15) is 0 Å². The van der Waals surface area contributed by atoms with Crippen LogP contribution in [0.1, 0.15) is 10.4 Å². The Labute approximate surface area is 180 Å². The van der Waals surface area contributed by atoms with Crippen molar-refractivity contribution in [3.8, 4) is 17.2 Å². The van der Waals surface area contributed by atoms with Crippen LogP contribution >= 0.6 is 0 Å². The average molecular weight is 434 g/mol. The van der Waals surface area contributed by atoms with Crippen molar-refractivity contribution < 1.29 is 18.3 Å². The zero-order valence-electron chi connectivity index (χ0n) is 16.5. The number of nitrogens with zero attached hydrogens (tertiary/aromatic N) is 2. The lowest BCUT2D eigenvalue weighted by Crippen LogP contribution is -2.27. The number of anilines is 2. The van der Waals surface area contributed by atoms with Gasteiger partial charge in [-0.15, -0.1) is 0 Å². The highest BCUT2D eigenvalue weighted by molar-refractivity contribution is 6.04. The molecule has 160 valence electrons. The molecule has 0 fully saturated rings. The summed E-state index contributed by atoms with van der Waals surface area (Å²) in [6.45, 7) is 0. The molecule has 0 unspecified atom stereocenters. The summed E-state index contributed by atoms with van der Waals surface area (Å²) in [5.41, 5.74) is 5.73. The summed E-state index contributed by atoms with van der Waals surface area (Å²) in [5, 5.41) is 2.49. The van der Waals surface area contributed by atoms with E-state index in [-0.39, 0.29) is 28.4 Å². The molecular formula is C23H16F2N4O3. The van der Waals surface area contributed by atoms with E-state index in [1.54, 1.807) is 0 Å². The van der Waals surface area contributed by atoms with Gasteiger partial charge in [0.1, 0.15) is 11.4 Å². The number of nitrogens with two attached hydrogens (primary N) is 1. The SMILES string of the molecule is Nc1cnccc1Oc1ccc(NC(=O)c2cccn(-c3ccc(F)cc3)c2=O)cc1F. The highest BCUT2D eigenvalue weighted by atomic mass is 19.1. The Bertz CT molecular complexity index is 1350. The van der Waals surface area contributed by atoms with Gasteiger partial charge < -0.3 is 15.8 Å². The Morgan fingerprint density at radius 3 is 2.53 bits per heavy atom. The Balaban J connectivity index is 1.55. The lowest BCUT2D eigenvalue weighted by molar-refractivity contribution is 0.102. The van der Waals surface area contributed by atoms with Crippen molar-refractivity contribution in [2.24, 2.45) is 0 Å². The number of nitrogen functional groups attached to an aromatic ring is 1. The lowest BCUT2D eigenvalue weighted by atomic mass is 10.2. The number of ether oxygens (including phenoxy) is 1. The van der Waals surface area contributed by atoms with Gasteiger partial charge in [0.25, 0.3) is 11.5 Å². The molecule has 0 aliphatic rings. The van der Waals surface area contributed by atoms with Gasteiger partial charge in [0.2, 0.25) is 0 Å². The number of amides is 1. The minimum absolute atomic E-state index is 0.0979. The molecule has 7 nitrogen and oxygen atoms in total. The molecule has 1 amide bonds. The van der Waals surface area contributed by atoms with Crippen LogP contribution in [0.3, 0.4) is 0 Å². The number of aromatic nitrogens is 2. The predicted molar refractivity (Wildman–Crippen MR) is 115 cm³/mol. The van der Waals surface area contributed by atoms with E-state index in [0.29, 0.717) is 5.69 Å². The molecule has 3 N–H and O–H groups in total. The molecule has 2 heterocycles. The van der Waals surface area contributed by atoms with Gasteiger partial charge in [0.15, 0.2) is 17.3 Å². The van der Waals surface area contributed by atoms with Crippen LogP contribution in [0, 0.1) is 11.6 Å². The van der Waals surface area contributed by atoms with E-state index in [0.717, 1.165) is 6.07 Å². The molecule has 2 aromatic carbocycles. The number of rotatable bonds is 5. The third-order valence-electron chi connectivity index (χ3n) is 4.52. The summed E-state index contributed by atoms with van der Waals surface area (Å²) in [7, 11) is 0. The van der Waals surface area contributed by atoms with Gasteiger partial charge in [-0.1, -0.05) is 0 Å². The minimum atomic E-state index is -0.740. The van der Waals surface area contributed by atoms with E-state index in [2.05, 4.69) is 10.3 Å².